The van der Waals surface area contributed by atoms with Gasteiger partial charge in [0.2, 0.25) is 0 Å². The van der Waals surface area contributed by atoms with Crippen molar-refractivity contribution in [2.45, 2.75) is 32.6 Å². The first-order valence-corrected chi connectivity index (χ1v) is 17.3. The first-order valence-electron chi connectivity index (χ1n) is 16.1. The van der Waals surface area contributed by atoms with Gasteiger partial charge in [0.25, 0.3) is 5.91 Å². The topological polar surface area (TPSA) is 126 Å². The molecular weight excluding hydrogens is 694 g/mol. The number of anilines is 1. The number of hydrogen-bond donors (Lipinski definition) is 0. The van der Waals surface area contributed by atoms with Crippen molar-refractivity contribution in [1.29, 1.82) is 0 Å². The van der Waals surface area contributed by atoms with Gasteiger partial charge in [-0.2, -0.15) is 0 Å². The third-order valence-electron chi connectivity index (χ3n) is 8.66. The van der Waals surface area contributed by atoms with Gasteiger partial charge in [-0.3, -0.25) is 19.2 Å². The van der Waals surface area contributed by atoms with Crippen molar-refractivity contribution in [2.24, 2.45) is 11.8 Å². The molecule has 1 amide bonds. The van der Waals surface area contributed by atoms with Crippen LogP contribution < -0.4 is 19.1 Å². The van der Waals surface area contributed by atoms with Crippen LogP contribution in [0.3, 0.4) is 0 Å². The van der Waals surface area contributed by atoms with Gasteiger partial charge in [-0.05, 0) is 123 Å². The highest BCUT2D eigenvalue weighted by atomic mass is 35.5. The summed E-state index contributed by atoms with van der Waals surface area (Å²) < 4.78 is 22.0. The molecule has 1 aliphatic rings. The Bertz CT molecular complexity index is 1980. The summed E-state index contributed by atoms with van der Waals surface area (Å²) in [6.07, 6.45) is 4.77. The number of ether oxygens (including phenoxy) is 4. The molecule has 264 valence electrons. The van der Waals surface area contributed by atoms with Crippen LogP contribution in [-0.2, 0) is 14.3 Å². The number of amides is 1. The predicted molar refractivity (Wildman–Crippen MR) is 194 cm³/mol. The van der Waals surface area contributed by atoms with Crippen molar-refractivity contribution in [1.82, 2.24) is 0 Å². The van der Waals surface area contributed by atoms with Crippen LogP contribution in [-0.4, -0.2) is 50.9 Å². The van der Waals surface area contributed by atoms with Crippen molar-refractivity contribution >= 4 is 64.3 Å². The zero-order valence-electron chi connectivity index (χ0n) is 28.5. The van der Waals surface area contributed by atoms with E-state index in [1.165, 1.54) is 48.7 Å². The van der Waals surface area contributed by atoms with E-state index in [1.807, 2.05) is 6.92 Å². The summed E-state index contributed by atoms with van der Waals surface area (Å²) in [4.78, 5) is 65.7. The fourth-order valence-corrected chi connectivity index (χ4v) is 6.73. The molecule has 1 heterocycles. The maximum absolute atomic E-state index is 13.2. The van der Waals surface area contributed by atoms with Crippen LogP contribution in [0.25, 0.3) is 6.08 Å². The average Bonchev–Trinajstić information content (AvgIpc) is 3.59. The number of thiophene rings is 1. The predicted octanol–water partition coefficient (Wildman–Crippen LogP) is 8.00. The molecule has 3 aromatic carbocycles. The zero-order chi connectivity index (χ0) is 36.7. The lowest BCUT2D eigenvalue weighted by molar-refractivity contribution is -0.145. The smallest absolute Gasteiger partial charge is 0.337 e. The Morgan fingerprint density at radius 2 is 1.41 bits per heavy atom. The van der Waals surface area contributed by atoms with E-state index in [9.17, 15) is 24.0 Å². The number of carbonyl (C=O) groups is 5. The highest BCUT2D eigenvalue weighted by molar-refractivity contribution is 7.18. The minimum Gasteiger partial charge on any atom is -0.497 e. The third kappa shape index (κ3) is 9.11. The van der Waals surface area contributed by atoms with E-state index in [1.54, 1.807) is 73.8 Å². The number of hydrogen-bond acceptors (Lipinski definition) is 10. The Kier molecular flexibility index (Phi) is 12.1. The van der Waals surface area contributed by atoms with Gasteiger partial charge in [0.05, 0.1) is 40.8 Å². The van der Waals surface area contributed by atoms with E-state index in [4.69, 9.17) is 30.5 Å². The van der Waals surface area contributed by atoms with E-state index in [-0.39, 0.29) is 23.6 Å². The van der Waals surface area contributed by atoms with Gasteiger partial charge in [-0.25, -0.2) is 4.79 Å². The second-order valence-electron chi connectivity index (χ2n) is 12.0. The molecule has 1 aromatic heterocycles. The van der Waals surface area contributed by atoms with Crippen LogP contribution in [0.5, 0.6) is 17.2 Å². The molecule has 1 saturated carbocycles. The summed E-state index contributed by atoms with van der Waals surface area (Å²) in [5.41, 5.74) is 2.60. The highest BCUT2D eigenvalue weighted by Crippen LogP contribution is 2.34. The van der Waals surface area contributed by atoms with Crippen LogP contribution in [0, 0.1) is 18.8 Å². The Hall–Kier alpha value is -5.26. The standard InChI is InChI=1S/C39H36ClNO9S/c1-23-21-30(14-16-31(23)41(2)36(43)24-5-7-25(8-6-24)37(44)48-4)49-38(45)26-9-11-27(12-10-26)39(46)50-33-18-15-29(47-3)22-28(33)13-17-32(42)34-19-20-35(40)51-34/h5-8,13-22,26-27H,9-12H2,1-4H3/b17-13+. The highest BCUT2D eigenvalue weighted by Gasteiger charge is 2.32. The van der Waals surface area contributed by atoms with Gasteiger partial charge in [0.1, 0.15) is 17.2 Å². The first kappa shape index (κ1) is 37.0. The van der Waals surface area contributed by atoms with Crippen LogP contribution in [0.2, 0.25) is 4.34 Å². The van der Waals surface area contributed by atoms with E-state index >= 15 is 0 Å². The fraction of sp³-hybridized carbons (Fsp3) is 0.256. The van der Waals surface area contributed by atoms with E-state index in [0.717, 1.165) is 5.56 Å². The summed E-state index contributed by atoms with van der Waals surface area (Å²) in [5.74, 6) is -1.41. The second-order valence-corrected chi connectivity index (χ2v) is 13.7. The van der Waals surface area contributed by atoms with Crippen molar-refractivity contribution in [2.75, 3.05) is 26.2 Å². The quantitative estimate of drug-likeness (QED) is 0.0654. The summed E-state index contributed by atoms with van der Waals surface area (Å²) in [6.45, 7) is 1.81. The fourth-order valence-electron chi connectivity index (χ4n) is 5.76. The molecule has 0 unspecified atom stereocenters. The Balaban J connectivity index is 1.15. The summed E-state index contributed by atoms with van der Waals surface area (Å²) >= 11 is 7.14. The molecule has 1 aliphatic carbocycles. The number of benzene rings is 3. The molecule has 10 nitrogen and oxygen atoms in total. The number of methoxy groups -OCH3 is 2. The van der Waals surface area contributed by atoms with Crippen molar-refractivity contribution in [3.8, 4) is 17.2 Å². The SMILES string of the molecule is COC(=O)c1ccc(C(=O)N(C)c2ccc(OC(=O)C3CCC(C(=O)Oc4ccc(OC)cc4/C=C/C(=O)c4ccc(Cl)s4)CC3)cc2C)cc1. The number of rotatable bonds is 11. The van der Waals surface area contributed by atoms with Crippen molar-refractivity contribution in [3.05, 3.63) is 110 Å². The largest absolute Gasteiger partial charge is 0.497 e. The van der Waals surface area contributed by atoms with Crippen molar-refractivity contribution < 1.29 is 42.9 Å². The molecule has 0 aliphatic heterocycles. The Labute approximate surface area is 304 Å². The molecule has 0 bridgehead atoms. The molecule has 51 heavy (non-hydrogen) atoms. The van der Waals surface area contributed by atoms with E-state index in [0.29, 0.717) is 74.5 Å². The van der Waals surface area contributed by atoms with Crippen LogP contribution in [0.1, 0.15) is 67.2 Å². The molecule has 0 spiro atoms. The minimum absolute atomic E-state index is 0.230. The number of allylic oxidation sites excluding steroid dienone is 1. The molecule has 12 heteroatoms. The number of aryl methyl sites for hydroxylation is 1. The molecule has 0 radical (unpaired) electrons. The van der Waals surface area contributed by atoms with E-state index in [2.05, 4.69) is 0 Å². The van der Waals surface area contributed by atoms with Gasteiger partial charge in [-0.15, -0.1) is 11.3 Å². The second kappa shape index (κ2) is 16.6. The lowest BCUT2D eigenvalue weighted by atomic mass is 9.82. The Morgan fingerprint density at radius 1 is 0.784 bits per heavy atom. The van der Waals surface area contributed by atoms with Gasteiger partial charge in [0, 0.05) is 23.9 Å². The molecule has 0 N–H and O–H groups in total. The number of halogens is 1. The average molecular weight is 730 g/mol. The Morgan fingerprint density at radius 3 is 2.00 bits per heavy atom. The molecule has 4 aromatic rings. The maximum atomic E-state index is 13.2. The first-order chi connectivity index (χ1) is 24.5. The molecule has 0 saturated heterocycles. The van der Waals surface area contributed by atoms with Gasteiger partial charge in [0.15, 0.2) is 5.78 Å². The van der Waals surface area contributed by atoms with E-state index < -0.39 is 17.9 Å². The van der Waals surface area contributed by atoms with Crippen LogP contribution in [0.4, 0.5) is 5.69 Å². The van der Waals surface area contributed by atoms with Crippen LogP contribution >= 0.6 is 22.9 Å². The molecule has 5 rings (SSSR count). The van der Waals surface area contributed by atoms with Gasteiger partial charge >= 0.3 is 17.9 Å². The van der Waals surface area contributed by atoms with Gasteiger partial charge < -0.3 is 23.8 Å². The van der Waals surface area contributed by atoms with Crippen molar-refractivity contribution in [3.63, 3.8) is 0 Å². The third-order valence-corrected chi connectivity index (χ3v) is 9.90. The van der Waals surface area contributed by atoms with Crippen LogP contribution in [0.15, 0.2) is 78.9 Å². The summed E-state index contributed by atoms with van der Waals surface area (Å²) in [5, 5.41) is 0. The molecule has 0 atom stereocenters. The number of esters is 3. The normalized spacial score (nSPS) is 15.5. The number of carbonyl (C=O) groups excluding carboxylic acids is 5. The number of ketones is 1. The summed E-state index contributed by atoms with van der Waals surface area (Å²) in [7, 11) is 4.46. The molecular formula is C39H36ClNO9S. The lowest BCUT2D eigenvalue weighted by Crippen LogP contribution is -2.30. The van der Waals surface area contributed by atoms with Gasteiger partial charge in [-0.1, -0.05) is 11.6 Å². The minimum atomic E-state index is -0.487. The lowest BCUT2D eigenvalue weighted by Gasteiger charge is -2.26. The molecule has 1 fully saturated rings. The zero-order valence-corrected chi connectivity index (χ0v) is 30.0. The summed E-state index contributed by atoms with van der Waals surface area (Å²) in [6, 6.07) is 19.5. The maximum Gasteiger partial charge on any atom is 0.337 e. The monoisotopic (exact) mass is 729 g/mol. The number of nitrogens with zero attached hydrogens (tertiary/aromatic N) is 1.